The third-order valence-electron chi connectivity index (χ3n) is 3.24. The smallest absolute Gasteiger partial charge is 0.182 e. The van der Waals surface area contributed by atoms with Crippen LogP contribution >= 0.6 is 0 Å². The number of imidazole rings is 1. The third-order valence-corrected chi connectivity index (χ3v) is 3.24. The minimum absolute atomic E-state index is 0.0948. The molecule has 0 aliphatic heterocycles. The number of pyridine rings is 1. The van der Waals surface area contributed by atoms with Crippen LogP contribution in [0.15, 0.2) is 36.7 Å². The van der Waals surface area contributed by atoms with Crippen molar-refractivity contribution in [1.82, 2.24) is 19.4 Å². The molecule has 0 fully saturated rings. The van der Waals surface area contributed by atoms with Gasteiger partial charge in [0, 0.05) is 23.9 Å². The molecule has 0 aromatic carbocycles. The molecule has 0 bridgehead atoms. The van der Waals surface area contributed by atoms with Crippen molar-refractivity contribution < 1.29 is 0 Å². The Morgan fingerprint density at radius 2 is 1.95 bits per heavy atom. The van der Waals surface area contributed by atoms with Gasteiger partial charge in [0.2, 0.25) is 0 Å². The molecule has 3 rings (SSSR count). The minimum atomic E-state index is -0.0948. The van der Waals surface area contributed by atoms with Crippen molar-refractivity contribution in [2.24, 2.45) is 5.84 Å². The first kappa shape index (κ1) is 13.5. The van der Waals surface area contributed by atoms with E-state index in [-0.39, 0.29) is 5.41 Å². The number of hydrogen-bond acceptors (Lipinski definition) is 5. The first-order valence-corrected chi connectivity index (χ1v) is 6.78. The molecule has 3 N–H and O–H groups in total. The van der Waals surface area contributed by atoms with Crippen LogP contribution in [0.3, 0.4) is 0 Å². The highest BCUT2D eigenvalue weighted by atomic mass is 15.3. The Balaban J connectivity index is 2.16. The Hall–Kier alpha value is -2.47. The van der Waals surface area contributed by atoms with Crippen molar-refractivity contribution in [2.75, 3.05) is 5.43 Å². The Labute approximate surface area is 123 Å². The Morgan fingerprint density at radius 1 is 1.14 bits per heavy atom. The summed E-state index contributed by atoms with van der Waals surface area (Å²) in [6.45, 7) is 6.30. The summed E-state index contributed by atoms with van der Waals surface area (Å²) in [4.78, 5) is 13.6. The Morgan fingerprint density at radius 3 is 2.62 bits per heavy atom. The molecule has 3 heterocycles. The van der Waals surface area contributed by atoms with Gasteiger partial charge in [0.25, 0.3) is 0 Å². The van der Waals surface area contributed by atoms with Crippen LogP contribution in [-0.2, 0) is 5.41 Å². The molecule has 0 atom stereocenters. The highest BCUT2D eigenvalue weighted by Crippen LogP contribution is 2.25. The SMILES string of the molecule is CC(C)(C)c1cc(NN)nc(-c2cn3ccccc3n2)n1. The minimum Gasteiger partial charge on any atom is -0.308 e. The molecule has 3 aromatic rings. The van der Waals surface area contributed by atoms with Crippen LogP contribution in [0.25, 0.3) is 17.2 Å². The Bertz CT molecular complexity index is 751. The summed E-state index contributed by atoms with van der Waals surface area (Å²) < 4.78 is 1.94. The van der Waals surface area contributed by atoms with Gasteiger partial charge < -0.3 is 9.83 Å². The van der Waals surface area contributed by atoms with Crippen molar-refractivity contribution in [3.63, 3.8) is 0 Å². The molecule has 6 heteroatoms. The second-order valence-corrected chi connectivity index (χ2v) is 5.95. The second kappa shape index (κ2) is 4.82. The van der Waals surface area contributed by atoms with Gasteiger partial charge in [-0.2, -0.15) is 0 Å². The molecule has 0 saturated carbocycles. The predicted molar refractivity (Wildman–Crippen MR) is 82.7 cm³/mol. The molecular weight excluding hydrogens is 264 g/mol. The van der Waals surface area contributed by atoms with E-state index in [0.29, 0.717) is 11.6 Å². The largest absolute Gasteiger partial charge is 0.308 e. The number of nitrogens with one attached hydrogen (secondary N) is 1. The van der Waals surface area contributed by atoms with Gasteiger partial charge in [-0.15, -0.1) is 0 Å². The Kier molecular flexibility index (Phi) is 3.10. The number of nitrogens with zero attached hydrogens (tertiary/aromatic N) is 4. The summed E-state index contributed by atoms with van der Waals surface area (Å²) in [6.07, 6.45) is 3.86. The molecule has 0 saturated heterocycles. The van der Waals surface area contributed by atoms with Crippen molar-refractivity contribution in [3.05, 3.63) is 42.4 Å². The maximum absolute atomic E-state index is 5.52. The maximum Gasteiger partial charge on any atom is 0.182 e. The van der Waals surface area contributed by atoms with Crippen LogP contribution in [0.4, 0.5) is 5.82 Å². The lowest BCUT2D eigenvalue weighted by Gasteiger charge is -2.18. The monoisotopic (exact) mass is 282 g/mol. The van der Waals surface area contributed by atoms with Crippen molar-refractivity contribution in [2.45, 2.75) is 26.2 Å². The highest BCUT2D eigenvalue weighted by molar-refractivity contribution is 5.58. The quantitative estimate of drug-likeness (QED) is 0.557. The molecule has 0 amide bonds. The number of rotatable bonds is 2. The van der Waals surface area contributed by atoms with E-state index in [1.807, 2.05) is 41.1 Å². The summed E-state index contributed by atoms with van der Waals surface area (Å²) in [7, 11) is 0. The van der Waals surface area contributed by atoms with E-state index in [2.05, 4.69) is 41.1 Å². The maximum atomic E-state index is 5.52. The van der Waals surface area contributed by atoms with Gasteiger partial charge in [0.05, 0.1) is 5.69 Å². The van der Waals surface area contributed by atoms with E-state index in [1.54, 1.807) is 0 Å². The van der Waals surface area contributed by atoms with Crippen LogP contribution in [0, 0.1) is 0 Å². The molecule has 21 heavy (non-hydrogen) atoms. The van der Waals surface area contributed by atoms with Crippen molar-refractivity contribution in [1.29, 1.82) is 0 Å². The predicted octanol–water partition coefficient (Wildman–Crippen LogP) is 2.37. The second-order valence-electron chi connectivity index (χ2n) is 5.95. The van der Waals surface area contributed by atoms with Crippen LogP contribution in [0.2, 0.25) is 0 Å². The molecule has 0 aliphatic rings. The van der Waals surface area contributed by atoms with E-state index >= 15 is 0 Å². The van der Waals surface area contributed by atoms with E-state index in [9.17, 15) is 0 Å². The molecule has 0 unspecified atom stereocenters. The third kappa shape index (κ3) is 2.57. The molecular formula is C15H18N6. The summed E-state index contributed by atoms with van der Waals surface area (Å²) >= 11 is 0. The number of fused-ring (bicyclic) bond motifs is 1. The normalized spacial score (nSPS) is 11.8. The molecule has 0 spiro atoms. The van der Waals surface area contributed by atoms with Gasteiger partial charge in [-0.3, -0.25) is 0 Å². The van der Waals surface area contributed by atoms with Crippen LogP contribution in [0.5, 0.6) is 0 Å². The molecule has 0 radical (unpaired) electrons. The van der Waals surface area contributed by atoms with Crippen molar-refractivity contribution >= 4 is 11.5 Å². The lowest BCUT2D eigenvalue weighted by atomic mass is 9.92. The summed E-state index contributed by atoms with van der Waals surface area (Å²) in [6, 6.07) is 7.71. The van der Waals surface area contributed by atoms with Crippen LogP contribution < -0.4 is 11.3 Å². The lowest BCUT2D eigenvalue weighted by molar-refractivity contribution is 0.568. The van der Waals surface area contributed by atoms with E-state index < -0.39 is 0 Å². The van der Waals surface area contributed by atoms with Gasteiger partial charge in [-0.1, -0.05) is 26.8 Å². The average Bonchev–Trinajstić information content (AvgIpc) is 2.89. The topological polar surface area (TPSA) is 81.1 Å². The fraction of sp³-hybridized carbons (Fsp3) is 0.267. The first-order valence-electron chi connectivity index (χ1n) is 6.78. The summed E-state index contributed by atoms with van der Waals surface area (Å²) in [5.41, 5.74) is 5.00. The molecule has 0 aliphatic carbocycles. The first-order chi connectivity index (χ1) is 9.97. The van der Waals surface area contributed by atoms with E-state index in [0.717, 1.165) is 17.0 Å². The number of hydrogen-bond donors (Lipinski definition) is 2. The number of nitrogen functional groups attached to an aromatic ring is 1. The zero-order valence-corrected chi connectivity index (χ0v) is 12.3. The fourth-order valence-electron chi connectivity index (χ4n) is 2.06. The number of nitrogens with two attached hydrogens (primary N) is 1. The highest BCUT2D eigenvalue weighted by Gasteiger charge is 2.19. The van der Waals surface area contributed by atoms with E-state index in [1.165, 1.54) is 0 Å². The van der Waals surface area contributed by atoms with Gasteiger partial charge in [-0.25, -0.2) is 20.8 Å². The fourth-order valence-corrected chi connectivity index (χ4v) is 2.06. The van der Waals surface area contributed by atoms with Crippen molar-refractivity contribution in [3.8, 4) is 11.5 Å². The van der Waals surface area contributed by atoms with Gasteiger partial charge in [0.15, 0.2) is 5.82 Å². The molecule has 3 aromatic heterocycles. The number of anilines is 1. The number of aromatic nitrogens is 4. The summed E-state index contributed by atoms with van der Waals surface area (Å²) in [5, 5.41) is 0. The number of hydrazine groups is 1. The van der Waals surface area contributed by atoms with Gasteiger partial charge >= 0.3 is 0 Å². The van der Waals surface area contributed by atoms with E-state index in [4.69, 9.17) is 5.84 Å². The lowest BCUT2D eigenvalue weighted by Crippen LogP contribution is -2.17. The standard InChI is InChI=1S/C15H18N6/c1-15(2,3)11-8-12(20-16)19-14(18-11)10-9-21-7-5-4-6-13(21)17-10/h4-9H,16H2,1-3H3,(H,18,19,20). The zero-order valence-electron chi connectivity index (χ0n) is 12.3. The van der Waals surface area contributed by atoms with Crippen LogP contribution in [0.1, 0.15) is 26.5 Å². The average molecular weight is 282 g/mol. The summed E-state index contributed by atoms with van der Waals surface area (Å²) in [5.74, 6) is 6.67. The molecule has 108 valence electrons. The van der Waals surface area contributed by atoms with Gasteiger partial charge in [0.1, 0.15) is 17.2 Å². The zero-order chi connectivity index (χ0) is 15.0. The molecule has 6 nitrogen and oxygen atoms in total. The van der Waals surface area contributed by atoms with Crippen LogP contribution in [-0.4, -0.2) is 19.4 Å². The van der Waals surface area contributed by atoms with Gasteiger partial charge in [-0.05, 0) is 12.1 Å².